The van der Waals surface area contributed by atoms with Crippen molar-refractivity contribution in [2.75, 3.05) is 12.9 Å². The van der Waals surface area contributed by atoms with Crippen molar-refractivity contribution >= 4 is 15.9 Å². The van der Waals surface area contributed by atoms with Crippen LogP contribution in [0.25, 0.3) is 6.08 Å². The normalized spacial score (nSPS) is 11.7. The molecule has 0 heterocycles. The molecule has 0 fully saturated rings. The molecule has 2 aromatic rings. The summed E-state index contributed by atoms with van der Waals surface area (Å²) >= 11 is 0. The molecular weight excluding hydrogens is 284 g/mol. The Morgan fingerprint density at radius 1 is 1.00 bits per heavy atom. The quantitative estimate of drug-likeness (QED) is 0.849. The van der Waals surface area contributed by atoms with Crippen LogP contribution in [0.3, 0.4) is 0 Å². The molecule has 0 radical (unpaired) electrons. The van der Waals surface area contributed by atoms with E-state index in [1.807, 2.05) is 31.2 Å². The Balaban J connectivity index is 2.06. The van der Waals surface area contributed by atoms with E-state index in [4.69, 9.17) is 4.74 Å². The van der Waals surface area contributed by atoms with Crippen LogP contribution in [0.15, 0.2) is 59.5 Å². The number of rotatable bonds is 5. The summed E-state index contributed by atoms with van der Waals surface area (Å²) in [6, 6.07) is 14.3. The highest BCUT2D eigenvalue weighted by Gasteiger charge is 2.11. The Morgan fingerprint density at radius 3 is 2.19 bits per heavy atom. The summed E-state index contributed by atoms with van der Waals surface area (Å²) in [5, 5.41) is 0. The third-order valence-electron chi connectivity index (χ3n) is 3.12. The fourth-order valence-corrected chi connectivity index (χ4v) is 2.96. The lowest BCUT2D eigenvalue weighted by Crippen LogP contribution is -2.04. The molecule has 0 aromatic heterocycles. The Hall–Kier alpha value is -2.07. The van der Waals surface area contributed by atoms with Crippen LogP contribution >= 0.6 is 0 Å². The van der Waals surface area contributed by atoms with Crippen molar-refractivity contribution in [2.45, 2.75) is 11.8 Å². The van der Waals surface area contributed by atoms with Gasteiger partial charge in [-0.05, 0) is 36.8 Å². The van der Waals surface area contributed by atoms with E-state index in [9.17, 15) is 8.42 Å². The van der Waals surface area contributed by atoms with Crippen molar-refractivity contribution in [1.82, 2.24) is 0 Å². The molecule has 2 aromatic carbocycles. The Morgan fingerprint density at radius 2 is 1.62 bits per heavy atom. The third-order valence-corrected chi connectivity index (χ3v) is 4.74. The fourth-order valence-electron chi connectivity index (χ4n) is 1.87. The van der Waals surface area contributed by atoms with Crippen LogP contribution in [-0.2, 0) is 9.84 Å². The first-order valence-electron chi connectivity index (χ1n) is 6.61. The first-order valence-corrected chi connectivity index (χ1v) is 8.26. The highest BCUT2D eigenvalue weighted by atomic mass is 32.2. The number of benzene rings is 2. The summed E-state index contributed by atoms with van der Waals surface area (Å²) in [7, 11) is -1.66. The molecule has 0 atom stereocenters. The average molecular weight is 302 g/mol. The maximum atomic E-state index is 12.2. The fraction of sp³-hybridized carbons (Fsp3) is 0.176. The highest BCUT2D eigenvalue weighted by molar-refractivity contribution is 7.91. The Kier molecular flexibility index (Phi) is 4.81. The van der Waals surface area contributed by atoms with Crippen molar-refractivity contribution in [3.05, 3.63) is 65.7 Å². The monoisotopic (exact) mass is 302 g/mol. The van der Waals surface area contributed by atoms with Gasteiger partial charge in [0.25, 0.3) is 0 Å². The van der Waals surface area contributed by atoms with Crippen LogP contribution < -0.4 is 4.74 Å². The largest absolute Gasteiger partial charge is 0.497 e. The predicted molar refractivity (Wildman–Crippen MR) is 85.3 cm³/mol. The molecule has 0 spiro atoms. The number of ether oxygens (including phenoxy) is 1. The summed E-state index contributed by atoms with van der Waals surface area (Å²) in [5.74, 6) is 0.765. The zero-order valence-corrected chi connectivity index (χ0v) is 12.9. The van der Waals surface area contributed by atoms with Gasteiger partial charge in [0.15, 0.2) is 9.84 Å². The average Bonchev–Trinajstić information content (AvgIpc) is 2.48. The number of hydrogen-bond donors (Lipinski definition) is 0. The topological polar surface area (TPSA) is 43.4 Å². The summed E-state index contributed by atoms with van der Waals surface area (Å²) < 4.78 is 29.4. The SMILES string of the molecule is COc1ccc(/C=C/CS(=O)(=O)c2ccc(C)cc2)cc1. The van der Waals surface area contributed by atoms with Crippen LogP contribution in [0, 0.1) is 6.92 Å². The van der Waals surface area contributed by atoms with E-state index in [1.165, 1.54) is 0 Å². The van der Waals surface area contributed by atoms with Crippen LogP contribution in [0.5, 0.6) is 5.75 Å². The molecule has 0 saturated carbocycles. The summed E-state index contributed by atoms with van der Waals surface area (Å²) in [4.78, 5) is 0.354. The number of hydrogen-bond acceptors (Lipinski definition) is 3. The van der Waals surface area contributed by atoms with Gasteiger partial charge < -0.3 is 4.74 Å². The van der Waals surface area contributed by atoms with Gasteiger partial charge in [0, 0.05) is 0 Å². The van der Waals surface area contributed by atoms with E-state index in [2.05, 4.69) is 0 Å². The lowest BCUT2D eigenvalue weighted by atomic mass is 10.2. The Bertz CT molecular complexity index is 712. The molecule has 0 aliphatic rings. The highest BCUT2D eigenvalue weighted by Crippen LogP contribution is 2.14. The molecule has 0 bridgehead atoms. The van der Waals surface area contributed by atoms with E-state index in [-0.39, 0.29) is 5.75 Å². The minimum atomic E-state index is -3.27. The predicted octanol–water partition coefficient (Wildman–Crippen LogP) is 3.49. The second-order valence-electron chi connectivity index (χ2n) is 4.77. The molecule has 2 rings (SSSR count). The molecule has 0 N–H and O–H groups in total. The zero-order valence-electron chi connectivity index (χ0n) is 12.1. The van der Waals surface area contributed by atoms with Gasteiger partial charge in [-0.2, -0.15) is 0 Å². The number of sulfone groups is 1. The van der Waals surface area contributed by atoms with Gasteiger partial charge in [-0.15, -0.1) is 0 Å². The summed E-state index contributed by atoms with van der Waals surface area (Å²) in [6.45, 7) is 1.93. The van der Waals surface area contributed by atoms with Gasteiger partial charge in [-0.1, -0.05) is 42.0 Å². The third kappa shape index (κ3) is 4.20. The lowest BCUT2D eigenvalue weighted by Gasteiger charge is -2.02. The lowest BCUT2D eigenvalue weighted by molar-refractivity contribution is 0.415. The maximum Gasteiger partial charge on any atom is 0.181 e. The van der Waals surface area contributed by atoms with Gasteiger partial charge >= 0.3 is 0 Å². The maximum absolute atomic E-state index is 12.2. The van der Waals surface area contributed by atoms with Crippen LogP contribution in [0.2, 0.25) is 0 Å². The van der Waals surface area contributed by atoms with Gasteiger partial charge in [0.2, 0.25) is 0 Å². The van der Waals surface area contributed by atoms with E-state index in [1.54, 1.807) is 43.5 Å². The first-order chi connectivity index (χ1) is 10.0. The smallest absolute Gasteiger partial charge is 0.181 e. The van der Waals surface area contributed by atoms with Gasteiger partial charge in [0.1, 0.15) is 5.75 Å². The minimum absolute atomic E-state index is 0.0118. The van der Waals surface area contributed by atoms with E-state index >= 15 is 0 Å². The minimum Gasteiger partial charge on any atom is -0.497 e. The summed E-state index contributed by atoms with van der Waals surface area (Å²) in [6.07, 6.45) is 3.46. The zero-order chi connectivity index (χ0) is 15.3. The van der Waals surface area contributed by atoms with Crippen LogP contribution in [-0.4, -0.2) is 21.3 Å². The van der Waals surface area contributed by atoms with E-state index < -0.39 is 9.84 Å². The molecule has 0 aliphatic carbocycles. The van der Waals surface area contributed by atoms with Crippen LogP contribution in [0.1, 0.15) is 11.1 Å². The van der Waals surface area contributed by atoms with Crippen LogP contribution in [0.4, 0.5) is 0 Å². The molecule has 3 nitrogen and oxygen atoms in total. The van der Waals surface area contributed by atoms with E-state index in [0.717, 1.165) is 16.9 Å². The molecular formula is C17H18O3S. The number of methoxy groups -OCH3 is 1. The molecule has 0 amide bonds. The van der Waals surface area contributed by atoms with Crippen molar-refractivity contribution < 1.29 is 13.2 Å². The van der Waals surface area contributed by atoms with Crippen molar-refractivity contribution in [1.29, 1.82) is 0 Å². The van der Waals surface area contributed by atoms with E-state index in [0.29, 0.717) is 4.90 Å². The second kappa shape index (κ2) is 6.59. The van der Waals surface area contributed by atoms with Crippen molar-refractivity contribution in [3.8, 4) is 5.75 Å². The van der Waals surface area contributed by atoms with Gasteiger partial charge in [-0.3, -0.25) is 0 Å². The van der Waals surface area contributed by atoms with Gasteiger partial charge in [0.05, 0.1) is 17.8 Å². The van der Waals surface area contributed by atoms with Gasteiger partial charge in [-0.25, -0.2) is 8.42 Å². The Labute approximate surface area is 125 Å². The molecule has 0 saturated heterocycles. The van der Waals surface area contributed by atoms with Crippen molar-refractivity contribution in [3.63, 3.8) is 0 Å². The molecule has 0 aliphatic heterocycles. The van der Waals surface area contributed by atoms with Crippen molar-refractivity contribution in [2.24, 2.45) is 0 Å². The first kappa shape index (κ1) is 15.3. The molecule has 0 unspecified atom stereocenters. The standard InChI is InChI=1S/C17H18O3S/c1-14-5-11-17(12-6-14)21(18,19)13-3-4-15-7-9-16(20-2)10-8-15/h3-12H,13H2,1-2H3/b4-3+. The second-order valence-corrected chi connectivity index (χ2v) is 6.80. The summed E-state index contributed by atoms with van der Waals surface area (Å²) in [5.41, 5.74) is 1.98. The molecule has 21 heavy (non-hydrogen) atoms. The number of aryl methyl sites for hydroxylation is 1. The molecule has 4 heteroatoms. The molecule has 110 valence electrons.